The smallest absolute Gasteiger partial charge is 0.325 e. The standard InChI is InChI=1S/C23H36N2O4/c1-15-4-3-5-16(2)25(15)21(27)14-29-22(28)13-24-20(26)12-23-9-17-6-18(10-23)8-19(7-17)11-23/h15-19H,3-14H2,1-2H3,(H,24,26)/t15-,16-,17?,18?,19?,23?/m1/s1. The molecule has 4 saturated carbocycles. The molecule has 1 saturated heterocycles. The highest BCUT2D eigenvalue weighted by atomic mass is 16.5. The number of rotatable bonds is 6. The average molecular weight is 405 g/mol. The van der Waals surface area contributed by atoms with E-state index in [0.717, 1.165) is 37.0 Å². The lowest BCUT2D eigenvalue weighted by molar-refractivity contribution is -0.154. The maximum atomic E-state index is 12.5. The van der Waals surface area contributed by atoms with Crippen molar-refractivity contribution in [3.8, 4) is 0 Å². The second-order valence-corrected chi connectivity index (χ2v) is 10.5. The van der Waals surface area contributed by atoms with E-state index in [2.05, 4.69) is 5.32 Å². The van der Waals surface area contributed by atoms with Gasteiger partial charge in [0.15, 0.2) is 6.61 Å². The van der Waals surface area contributed by atoms with Crippen LogP contribution in [0.25, 0.3) is 0 Å². The molecule has 0 aromatic carbocycles. The van der Waals surface area contributed by atoms with Gasteiger partial charge in [-0.1, -0.05) is 0 Å². The Bertz CT molecular complexity index is 616. The van der Waals surface area contributed by atoms with Gasteiger partial charge in [-0.05, 0) is 94.8 Å². The summed E-state index contributed by atoms with van der Waals surface area (Å²) >= 11 is 0. The van der Waals surface area contributed by atoms with E-state index >= 15 is 0 Å². The minimum atomic E-state index is -0.533. The number of esters is 1. The number of hydrogen-bond acceptors (Lipinski definition) is 4. The van der Waals surface area contributed by atoms with E-state index in [1.54, 1.807) is 0 Å². The van der Waals surface area contributed by atoms with Crippen LogP contribution in [0.15, 0.2) is 0 Å². The first kappa shape index (κ1) is 20.7. The number of carbonyl (C=O) groups is 3. The number of ether oxygens (including phenoxy) is 1. The van der Waals surface area contributed by atoms with E-state index in [-0.39, 0.29) is 42.5 Å². The lowest BCUT2D eigenvalue weighted by Crippen LogP contribution is -2.49. The highest BCUT2D eigenvalue weighted by Gasteiger charge is 2.51. The molecule has 1 heterocycles. The zero-order chi connectivity index (χ0) is 20.6. The molecule has 0 aromatic rings. The highest BCUT2D eigenvalue weighted by Crippen LogP contribution is 2.61. The third-order valence-electron chi connectivity index (χ3n) is 7.97. The molecule has 1 aliphatic heterocycles. The third kappa shape index (κ3) is 4.61. The monoisotopic (exact) mass is 404 g/mol. The number of piperidine rings is 1. The van der Waals surface area contributed by atoms with Crippen molar-refractivity contribution in [2.75, 3.05) is 13.2 Å². The summed E-state index contributed by atoms with van der Waals surface area (Å²) in [7, 11) is 0. The van der Waals surface area contributed by atoms with Gasteiger partial charge in [0.05, 0.1) is 0 Å². The molecular formula is C23H36N2O4. The van der Waals surface area contributed by atoms with E-state index in [4.69, 9.17) is 4.74 Å². The Morgan fingerprint density at radius 3 is 2.07 bits per heavy atom. The second kappa shape index (κ2) is 8.27. The molecule has 0 spiro atoms. The average Bonchev–Trinajstić information content (AvgIpc) is 2.63. The summed E-state index contributed by atoms with van der Waals surface area (Å²) in [4.78, 5) is 38.8. The van der Waals surface area contributed by atoms with Crippen molar-refractivity contribution in [1.29, 1.82) is 0 Å². The van der Waals surface area contributed by atoms with Crippen molar-refractivity contribution in [2.45, 2.75) is 90.1 Å². The predicted octanol–water partition coefficient (Wildman–Crippen LogP) is 3.04. The highest BCUT2D eigenvalue weighted by molar-refractivity contribution is 5.84. The van der Waals surface area contributed by atoms with E-state index in [9.17, 15) is 14.4 Å². The molecule has 0 unspecified atom stereocenters. The predicted molar refractivity (Wildman–Crippen MR) is 109 cm³/mol. The van der Waals surface area contributed by atoms with Crippen molar-refractivity contribution in [3.63, 3.8) is 0 Å². The summed E-state index contributed by atoms with van der Waals surface area (Å²) in [6.45, 7) is 3.70. The van der Waals surface area contributed by atoms with Crippen LogP contribution in [0.2, 0.25) is 0 Å². The van der Waals surface area contributed by atoms with Gasteiger partial charge in [0.25, 0.3) is 5.91 Å². The van der Waals surface area contributed by atoms with Gasteiger partial charge < -0.3 is 15.0 Å². The first-order chi connectivity index (χ1) is 13.8. The summed E-state index contributed by atoms with van der Waals surface area (Å²) < 4.78 is 5.15. The topological polar surface area (TPSA) is 75.7 Å². The number of hydrogen-bond donors (Lipinski definition) is 1. The Balaban J connectivity index is 1.19. The van der Waals surface area contributed by atoms with Gasteiger partial charge in [0.1, 0.15) is 6.54 Å². The molecule has 1 N–H and O–H groups in total. The van der Waals surface area contributed by atoms with Crippen molar-refractivity contribution in [1.82, 2.24) is 10.2 Å². The van der Waals surface area contributed by atoms with Gasteiger partial charge in [-0.15, -0.1) is 0 Å². The Labute approximate surface area is 174 Å². The molecule has 162 valence electrons. The SMILES string of the molecule is C[C@@H]1CCC[C@@H](C)N1C(=O)COC(=O)CNC(=O)CC12CC3CC(CC(C3)C1)C2. The van der Waals surface area contributed by atoms with E-state index in [1.165, 1.54) is 38.5 Å². The van der Waals surface area contributed by atoms with E-state index in [0.29, 0.717) is 6.42 Å². The molecule has 5 rings (SSSR count). The molecule has 4 bridgehead atoms. The Hall–Kier alpha value is -1.59. The minimum Gasteiger partial charge on any atom is -0.454 e. The molecular weight excluding hydrogens is 368 g/mol. The summed E-state index contributed by atoms with van der Waals surface area (Å²) in [5.41, 5.74) is 0.166. The van der Waals surface area contributed by atoms with Crippen LogP contribution in [0, 0.1) is 23.2 Å². The fraction of sp³-hybridized carbons (Fsp3) is 0.870. The lowest BCUT2D eigenvalue weighted by Gasteiger charge is -2.56. The van der Waals surface area contributed by atoms with Crippen molar-refractivity contribution in [2.24, 2.45) is 23.2 Å². The lowest BCUT2D eigenvalue weighted by atomic mass is 9.49. The molecule has 2 atom stereocenters. The number of nitrogens with one attached hydrogen (secondary N) is 1. The normalized spacial score (nSPS) is 38.0. The van der Waals surface area contributed by atoms with Gasteiger partial charge in [0.2, 0.25) is 5.91 Å². The summed E-state index contributed by atoms with van der Waals surface area (Å²) in [5.74, 6) is 1.71. The first-order valence-corrected chi connectivity index (χ1v) is 11.6. The minimum absolute atomic E-state index is 0.0477. The second-order valence-electron chi connectivity index (χ2n) is 10.5. The van der Waals surface area contributed by atoms with Gasteiger partial charge in [-0.2, -0.15) is 0 Å². The molecule has 4 aliphatic carbocycles. The number of amides is 2. The van der Waals surface area contributed by atoms with Gasteiger partial charge in [0, 0.05) is 18.5 Å². The molecule has 5 fully saturated rings. The number of likely N-dealkylation sites (tertiary alicyclic amines) is 1. The Kier molecular flexibility index (Phi) is 5.90. The fourth-order valence-corrected chi connectivity index (χ4v) is 7.26. The zero-order valence-corrected chi connectivity index (χ0v) is 18.0. The zero-order valence-electron chi connectivity index (χ0n) is 18.0. The van der Waals surface area contributed by atoms with Gasteiger partial charge in [-0.25, -0.2) is 0 Å². The van der Waals surface area contributed by atoms with Crippen LogP contribution >= 0.6 is 0 Å². The van der Waals surface area contributed by atoms with E-state index in [1.807, 2.05) is 18.7 Å². The summed E-state index contributed by atoms with van der Waals surface area (Å²) in [5, 5.41) is 2.74. The number of carbonyl (C=O) groups excluding carboxylic acids is 3. The van der Waals surface area contributed by atoms with Gasteiger partial charge >= 0.3 is 5.97 Å². The number of nitrogens with zero attached hydrogens (tertiary/aromatic N) is 1. The van der Waals surface area contributed by atoms with Crippen molar-refractivity contribution >= 4 is 17.8 Å². The van der Waals surface area contributed by atoms with Crippen molar-refractivity contribution < 1.29 is 19.1 Å². The van der Waals surface area contributed by atoms with Crippen LogP contribution in [0.4, 0.5) is 0 Å². The molecule has 2 amide bonds. The Morgan fingerprint density at radius 1 is 0.966 bits per heavy atom. The van der Waals surface area contributed by atoms with Crippen LogP contribution in [-0.2, 0) is 19.1 Å². The molecule has 29 heavy (non-hydrogen) atoms. The van der Waals surface area contributed by atoms with Crippen molar-refractivity contribution in [3.05, 3.63) is 0 Å². The third-order valence-corrected chi connectivity index (χ3v) is 7.97. The van der Waals surface area contributed by atoms with Crippen LogP contribution in [-0.4, -0.2) is 47.9 Å². The molecule has 6 heteroatoms. The molecule has 0 radical (unpaired) electrons. The summed E-state index contributed by atoms with van der Waals surface area (Å²) in [6, 6.07) is 0.370. The Morgan fingerprint density at radius 2 is 1.52 bits per heavy atom. The first-order valence-electron chi connectivity index (χ1n) is 11.6. The summed E-state index contributed by atoms with van der Waals surface area (Å²) in [6.07, 6.45) is 11.2. The maximum Gasteiger partial charge on any atom is 0.325 e. The molecule has 6 nitrogen and oxygen atoms in total. The quantitative estimate of drug-likeness (QED) is 0.691. The molecule has 0 aromatic heterocycles. The van der Waals surface area contributed by atoms with Crippen LogP contribution < -0.4 is 5.32 Å². The molecule has 5 aliphatic rings. The largest absolute Gasteiger partial charge is 0.454 e. The van der Waals surface area contributed by atoms with E-state index < -0.39 is 5.97 Å². The van der Waals surface area contributed by atoms with Gasteiger partial charge in [-0.3, -0.25) is 14.4 Å². The fourth-order valence-electron chi connectivity index (χ4n) is 7.26. The van der Waals surface area contributed by atoms with Crippen LogP contribution in [0.5, 0.6) is 0 Å². The van der Waals surface area contributed by atoms with Crippen LogP contribution in [0.1, 0.15) is 78.1 Å². The maximum absolute atomic E-state index is 12.5. The van der Waals surface area contributed by atoms with Crippen LogP contribution in [0.3, 0.4) is 0 Å².